The molecule has 0 spiro atoms. The number of hydrogen-bond acceptors (Lipinski definition) is 3. The van der Waals surface area contributed by atoms with Crippen LogP contribution in [0.25, 0.3) is 0 Å². The Morgan fingerprint density at radius 3 is 1.00 bits per heavy atom. The third-order valence-corrected chi connectivity index (χ3v) is 8.60. The summed E-state index contributed by atoms with van der Waals surface area (Å²) in [6.07, 6.45) is 0. The Morgan fingerprint density at radius 2 is 0.686 bits per heavy atom. The van der Waals surface area contributed by atoms with Gasteiger partial charge in [-0.25, -0.2) is 0 Å². The highest BCUT2D eigenvalue weighted by Gasteiger charge is 2.88. The molecule has 4 heterocycles. The normalized spacial score (nSPS) is 37.0. The molecule has 4 bridgehead atoms. The summed E-state index contributed by atoms with van der Waals surface area (Å²) in [6, 6.07) is 41.9. The lowest BCUT2D eigenvalue weighted by molar-refractivity contribution is -0.449. The van der Waals surface area contributed by atoms with Crippen LogP contribution in [-0.4, -0.2) is 0 Å². The maximum atomic E-state index is 7.38. The Kier molecular flexibility index (Phi) is 4.30. The summed E-state index contributed by atoms with van der Waals surface area (Å²) in [6.45, 7) is 4.44. The third-order valence-electron chi connectivity index (χ3n) is 8.60. The highest BCUT2D eigenvalue weighted by atomic mass is 16.9. The molecular weight excluding hydrogens is 432 g/mol. The first-order valence-corrected chi connectivity index (χ1v) is 12.4. The molecule has 4 aliphatic rings. The van der Waals surface area contributed by atoms with Gasteiger partial charge >= 0.3 is 0 Å². The summed E-state index contributed by atoms with van der Waals surface area (Å²) >= 11 is 0. The van der Waals surface area contributed by atoms with Crippen molar-refractivity contribution in [2.24, 2.45) is 11.8 Å². The number of benzene rings is 4. The minimum Gasteiger partial charge on any atom is -0.330 e. The fourth-order valence-electron chi connectivity index (χ4n) is 7.10. The maximum absolute atomic E-state index is 7.38. The van der Waals surface area contributed by atoms with E-state index in [9.17, 15) is 0 Å². The quantitative estimate of drug-likeness (QED) is 0.333. The Labute approximate surface area is 206 Å². The van der Waals surface area contributed by atoms with E-state index in [1.54, 1.807) is 0 Å². The van der Waals surface area contributed by atoms with E-state index >= 15 is 0 Å². The van der Waals surface area contributed by atoms with Gasteiger partial charge in [-0.15, -0.1) is 0 Å². The van der Waals surface area contributed by atoms with Crippen molar-refractivity contribution in [3.05, 3.63) is 144 Å². The van der Waals surface area contributed by atoms with Crippen molar-refractivity contribution in [2.45, 2.75) is 36.6 Å². The summed E-state index contributed by atoms with van der Waals surface area (Å²) in [5.74, 6) is -2.20. The lowest BCUT2D eigenvalue weighted by Crippen LogP contribution is -2.56. The lowest BCUT2D eigenvalue weighted by Gasteiger charge is -2.52. The molecular formula is C32H28O3. The van der Waals surface area contributed by atoms with Crippen molar-refractivity contribution in [1.82, 2.24) is 0 Å². The van der Waals surface area contributed by atoms with Crippen LogP contribution < -0.4 is 0 Å². The van der Waals surface area contributed by atoms with Gasteiger partial charge in [0.25, 0.3) is 0 Å². The molecule has 4 aliphatic heterocycles. The molecule has 174 valence electrons. The van der Waals surface area contributed by atoms with Crippen LogP contribution in [0.15, 0.2) is 121 Å². The van der Waals surface area contributed by atoms with E-state index in [1.807, 2.05) is 12.1 Å². The van der Waals surface area contributed by atoms with E-state index in [-0.39, 0.29) is 11.8 Å². The van der Waals surface area contributed by atoms with Crippen LogP contribution in [0, 0.1) is 11.8 Å². The predicted octanol–water partition coefficient (Wildman–Crippen LogP) is 6.85. The maximum Gasteiger partial charge on any atom is 0.205 e. The van der Waals surface area contributed by atoms with Gasteiger partial charge in [0.1, 0.15) is 11.2 Å². The Morgan fingerprint density at radius 1 is 0.400 bits per heavy atom. The van der Waals surface area contributed by atoms with Gasteiger partial charge in [-0.05, 0) is 11.1 Å². The molecule has 3 nitrogen and oxygen atoms in total. The fourth-order valence-corrected chi connectivity index (χ4v) is 7.10. The van der Waals surface area contributed by atoms with Gasteiger partial charge in [0.2, 0.25) is 11.6 Å². The van der Waals surface area contributed by atoms with E-state index in [0.29, 0.717) is 0 Å². The largest absolute Gasteiger partial charge is 0.330 e. The zero-order valence-electron chi connectivity index (χ0n) is 19.9. The molecule has 35 heavy (non-hydrogen) atoms. The smallest absolute Gasteiger partial charge is 0.205 e. The molecule has 0 aromatic heterocycles. The summed E-state index contributed by atoms with van der Waals surface area (Å²) in [5.41, 5.74) is 2.73. The van der Waals surface area contributed by atoms with Gasteiger partial charge in [-0.2, -0.15) is 0 Å². The second kappa shape index (κ2) is 7.14. The molecule has 4 aromatic carbocycles. The predicted molar refractivity (Wildman–Crippen MR) is 134 cm³/mol. The van der Waals surface area contributed by atoms with Gasteiger partial charge in [0.15, 0.2) is 0 Å². The van der Waals surface area contributed by atoms with Crippen LogP contribution in [0.3, 0.4) is 0 Å². The first-order chi connectivity index (χ1) is 17.1. The van der Waals surface area contributed by atoms with Gasteiger partial charge in [-0.1, -0.05) is 135 Å². The molecule has 0 N–H and O–H groups in total. The topological polar surface area (TPSA) is 27.7 Å². The molecule has 0 amide bonds. The molecule has 6 atom stereocenters. The Bertz CT molecular complexity index is 1250. The molecule has 3 heteroatoms. The summed E-state index contributed by atoms with van der Waals surface area (Å²) in [5, 5.41) is 0. The Hall–Kier alpha value is -3.24. The van der Waals surface area contributed by atoms with E-state index < -0.39 is 22.8 Å². The van der Waals surface area contributed by atoms with E-state index in [0.717, 1.165) is 22.3 Å². The van der Waals surface area contributed by atoms with E-state index in [4.69, 9.17) is 14.2 Å². The van der Waals surface area contributed by atoms with Crippen LogP contribution >= 0.6 is 0 Å². The SMILES string of the molecule is C[C@H]1[C@]2(c3ccccc3)O[C@]3(c4ccccc4)O[C@@]1(c1ccccc1)[C@](c1ccccc1)(O2)[C@H]3C. The van der Waals surface area contributed by atoms with Crippen LogP contribution in [-0.2, 0) is 37.0 Å². The van der Waals surface area contributed by atoms with Gasteiger partial charge in [-0.3, -0.25) is 0 Å². The fraction of sp³-hybridized carbons (Fsp3) is 0.250. The second-order valence-corrected chi connectivity index (χ2v) is 10.0. The van der Waals surface area contributed by atoms with Crippen LogP contribution in [0.4, 0.5) is 0 Å². The van der Waals surface area contributed by atoms with Gasteiger partial charge < -0.3 is 14.2 Å². The summed E-state index contributed by atoms with van der Waals surface area (Å²) in [7, 11) is 0. The number of ether oxygens (including phenoxy) is 3. The van der Waals surface area contributed by atoms with Crippen molar-refractivity contribution < 1.29 is 14.2 Å². The second-order valence-electron chi connectivity index (χ2n) is 10.0. The molecule has 8 rings (SSSR count). The van der Waals surface area contributed by atoms with Gasteiger partial charge in [0.05, 0.1) is 11.8 Å². The van der Waals surface area contributed by atoms with Crippen molar-refractivity contribution in [2.75, 3.05) is 0 Å². The molecule has 0 saturated carbocycles. The zero-order valence-corrected chi connectivity index (χ0v) is 19.9. The number of hydrogen-bond donors (Lipinski definition) is 0. The van der Waals surface area contributed by atoms with Crippen molar-refractivity contribution in [1.29, 1.82) is 0 Å². The third kappa shape index (κ3) is 2.36. The molecule has 4 aromatic rings. The standard InChI is InChI=1S/C32H28O3/c1-23-29(25-15-7-3-8-16-25)30(26-17-9-4-10-18-26)24(2)32(33-29,28-21-13-6-14-22-28)35-31(23,34-30)27-19-11-5-12-20-27/h3-24H,1-2H3/t23-,24-,29+,30+,31-,32-/m1/s1. The molecule has 0 aliphatic carbocycles. The molecule has 0 unspecified atom stereocenters. The highest BCUT2D eigenvalue weighted by molar-refractivity contribution is 5.47. The lowest BCUT2D eigenvalue weighted by atomic mass is 9.64. The van der Waals surface area contributed by atoms with Crippen LogP contribution in [0.5, 0.6) is 0 Å². The average Bonchev–Trinajstić information content (AvgIpc) is 3.20. The highest BCUT2D eigenvalue weighted by Crippen LogP contribution is 2.80. The van der Waals surface area contributed by atoms with Crippen molar-refractivity contribution in [3.8, 4) is 0 Å². The minimum absolute atomic E-state index is 0.123. The van der Waals surface area contributed by atoms with Gasteiger partial charge in [0, 0.05) is 11.1 Å². The van der Waals surface area contributed by atoms with E-state index in [2.05, 4.69) is 123 Å². The summed E-state index contributed by atoms with van der Waals surface area (Å²) in [4.78, 5) is 0. The zero-order chi connectivity index (χ0) is 23.7. The molecule has 0 radical (unpaired) electrons. The van der Waals surface area contributed by atoms with Crippen molar-refractivity contribution >= 4 is 0 Å². The average molecular weight is 461 g/mol. The van der Waals surface area contributed by atoms with Crippen molar-refractivity contribution in [3.63, 3.8) is 0 Å². The summed E-state index contributed by atoms with van der Waals surface area (Å²) < 4.78 is 21.9. The first kappa shape index (κ1) is 21.1. The van der Waals surface area contributed by atoms with Crippen LogP contribution in [0.1, 0.15) is 36.1 Å². The van der Waals surface area contributed by atoms with Crippen LogP contribution in [0.2, 0.25) is 0 Å². The molecule has 4 saturated heterocycles. The molecule has 4 fully saturated rings. The monoisotopic (exact) mass is 460 g/mol. The minimum atomic E-state index is -0.979. The first-order valence-electron chi connectivity index (χ1n) is 12.4. The van der Waals surface area contributed by atoms with E-state index in [1.165, 1.54) is 0 Å². The Balaban J connectivity index is 1.61. The number of rotatable bonds is 4.